The van der Waals surface area contributed by atoms with E-state index < -0.39 is 0 Å². The van der Waals surface area contributed by atoms with Crippen LogP contribution in [0, 0.1) is 25.2 Å². The van der Waals surface area contributed by atoms with Crippen LogP contribution in [0.1, 0.15) is 16.7 Å². The van der Waals surface area contributed by atoms with E-state index in [2.05, 4.69) is 31.0 Å². The van der Waals surface area contributed by atoms with Crippen molar-refractivity contribution in [2.24, 2.45) is 0 Å². The summed E-state index contributed by atoms with van der Waals surface area (Å²) in [5.74, 6) is 1.48. The van der Waals surface area contributed by atoms with Crippen molar-refractivity contribution in [3.05, 3.63) is 59.2 Å². The van der Waals surface area contributed by atoms with Crippen LogP contribution in [0.3, 0.4) is 0 Å². The third kappa shape index (κ3) is 3.42. The maximum atomic E-state index is 9.65. The second-order valence-electron chi connectivity index (χ2n) is 6.29. The Labute approximate surface area is 159 Å². The topological polar surface area (TPSA) is 81.2 Å². The fraction of sp³-hybridized carbons (Fsp3) is 0.182. The first-order valence-corrected chi connectivity index (χ1v) is 8.49. The van der Waals surface area contributed by atoms with Crippen LogP contribution in [-0.2, 0) is 0 Å². The molecular weight excluding hydrogens is 338 g/mol. The minimum atomic E-state index is 0.188. The molecule has 3 rings (SSSR count). The highest BCUT2D eigenvalue weighted by molar-refractivity contribution is 5.83. The molecule has 27 heavy (non-hydrogen) atoms. The molecular formula is C22H21N3O2. The van der Waals surface area contributed by atoms with Crippen molar-refractivity contribution in [1.82, 2.24) is 4.98 Å². The van der Waals surface area contributed by atoms with Crippen LogP contribution in [0.4, 0.5) is 5.82 Å². The number of nitrogens with zero attached hydrogens (tertiary/aromatic N) is 2. The molecule has 0 radical (unpaired) electrons. The van der Waals surface area contributed by atoms with E-state index in [-0.39, 0.29) is 5.82 Å². The average molecular weight is 359 g/mol. The number of rotatable bonds is 4. The van der Waals surface area contributed by atoms with Crippen molar-refractivity contribution < 1.29 is 9.47 Å². The van der Waals surface area contributed by atoms with Crippen molar-refractivity contribution in [2.75, 3.05) is 20.0 Å². The molecule has 0 saturated carbocycles. The first-order valence-electron chi connectivity index (χ1n) is 8.49. The second kappa shape index (κ2) is 7.38. The van der Waals surface area contributed by atoms with Gasteiger partial charge in [0.05, 0.1) is 19.9 Å². The van der Waals surface area contributed by atoms with Crippen LogP contribution in [0.2, 0.25) is 0 Å². The number of nitriles is 1. The smallest absolute Gasteiger partial charge is 0.142 e. The van der Waals surface area contributed by atoms with Gasteiger partial charge >= 0.3 is 0 Å². The predicted octanol–water partition coefficient (Wildman–Crippen LogP) is 4.50. The first kappa shape index (κ1) is 18.3. The Kier molecular flexibility index (Phi) is 5.00. The molecule has 0 aliphatic carbocycles. The van der Waals surface area contributed by atoms with Gasteiger partial charge in [-0.25, -0.2) is 4.98 Å². The van der Waals surface area contributed by atoms with Crippen LogP contribution < -0.4 is 15.2 Å². The Hall–Kier alpha value is -3.52. The quantitative estimate of drug-likeness (QED) is 0.741. The lowest BCUT2D eigenvalue weighted by atomic mass is 9.96. The number of nitrogens with two attached hydrogens (primary N) is 1. The predicted molar refractivity (Wildman–Crippen MR) is 107 cm³/mol. The van der Waals surface area contributed by atoms with E-state index >= 15 is 0 Å². The fourth-order valence-corrected chi connectivity index (χ4v) is 2.97. The molecule has 1 aromatic heterocycles. The van der Waals surface area contributed by atoms with Gasteiger partial charge in [-0.15, -0.1) is 0 Å². The van der Waals surface area contributed by atoms with Crippen molar-refractivity contribution in [3.8, 4) is 40.0 Å². The van der Waals surface area contributed by atoms with E-state index in [1.54, 1.807) is 14.2 Å². The second-order valence-corrected chi connectivity index (χ2v) is 6.29. The molecule has 0 spiro atoms. The zero-order chi connectivity index (χ0) is 19.6. The normalized spacial score (nSPS) is 10.3. The summed E-state index contributed by atoms with van der Waals surface area (Å²) in [4.78, 5) is 4.45. The van der Waals surface area contributed by atoms with Crippen LogP contribution in [0.5, 0.6) is 11.5 Å². The molecule has 0 unspecified atom stereocenters. The average Bonchev–Trinajstić information content (AvgIpc) is 2.68. The highest BCUT2D eigenvalue weighted by Crippen LogP contribution is 2.38. The van der Waals surface area contributed by atoms with Gasteiger partial charge in [0.15, 0.2) is 0 Å². The number of pyridine rings is 1. The van der Waals surface area contributed by atoms with E-state index in [1.165, 1.54) is 5.56 Å². The van der Waals surface area contributed by atoms with Crippen molar-refractivity contribution in [1.29, 1.82) is 5.26 Å². The number of ether oxygens (including phenoxy) is 2. The van der Waals surface area contributed by atoms with E-state index in [1.807, 2.05) is 36.4 Å². The minimum Gasteiger partial charge on any atom is -0.497 e. The van der Waals surface area contributed by atoms with Gasteiger partial charge < -0.3 is 15.2 Å². The van der Waals surface area contributed by atoms with Gasteiger partial charge in [0.2, 0.25) is 0 Å². The zero-order valence-electron chi connectivity index (χ0n) is 15.8. The molecule has 0 atom stereocenters. The number of benzene rings is 2. The lowest BCUT2D eigenvalue weighted by Crippen LogP contribution is -2.01. The lowest BCUT2D eigenvalue weighted by Gasteiger charge is -2.14. The van der Waals surface area contributed by atoms with Crippen molar-refractivity contribution in [3.63, 3.8) is 0 Å². The molecule has 136 valence electrons. The summed E-state index contributed by atoms with van der Waals surface area (Å²) in [6, 6.07) is 15.6. The molecule has 2 N–H and O–H groups in total. The van der Waals surface area contributed by atoms with Gasteiger partial charge in [0.25, 0.3) is 0 Å². The van der Waals surface area contributed by atoms with Crippen LogP contribution in [-0.4, -0.2) is 19.2 Å². The highest BCUT2D eigenvalue weighted by atomic mass is 16.5. The maximum Gasteiger partial charge on any atom is 0.142 e. The SMILES string of the molecule is COc1ccc(OC)c(-c2cc(-c3ccc(C)c(C)c3)nc(N)c2C#N)c1. The standard InChI is InChI=1S/C22H21N3O2/c1-13-5-6-15(9-14(13)2)20-11-17(19(12-23)22(24)25-20)18-10-16(26-3)7-8-21(18)27-4/h5-11H,1-4H3,(H2,24,25). The number of aryl methyl sites for hydroxylation is 2. The van der Waals surface area contributed by atoms with Crippen LogP contribution in [0.15, 0.2) is 42.5 Å². The van der Waals surface area contributed by atoms with Gasteiger partial charge in [-0.1, -0.05) is 12.1 Å². The molecule has 5 nitrogen and oxygen atoms in total. The molecule has 0 saturated heterocycles. The summed E-state index contributed by atoms with van der Waals surface area (Å²) in [6.07, 6.45) is 0. The van der Waals surface area contributed by atoms with Gasteiger partial charge in [-0.3, -0.25) is 0 Å². The first-order chi connectivity index (χ1) is 13.0. The molecule has 0 bridgehead atoms. The minimum absolute atomic E-state index is 0.188. The van der Waals surface area contributed by atoms with E-state index in [0.717, 1.165) is 16.7 Å². The Morgan fingerprint density at radius 2 is 1.70 bits per heavy atom. The molecule has 1 heterocycles. The fourth-order valence-electron chi connectivity index (χ4n) is 2.97. The van der Waals surface area contributed by atoms with Gasteiger partial charge in [-0.2, -0.15) is 5.26 Å². The number of hydrogen-bond acceptors (Lipinski definition) is 5. The largest absolute Gasteiger partial charge is 0.497 e. The Balaban J connectivity index is 2.28. The summed E-state index contributed by atoms with van der Waals surface area (Å²) in [7, 11) is 3.18. The number of nitrogen functional groups attached to an aromatic ring is 1. The molecule has 3 aromatic rings. The van der Waals surface area contributed by atoms with E-state index in [9.17, 15) is 5.26 Å². The molecule has 0 aliphatic rings. The summed E-state index contributed by atoms with van der Waals surface area (Å²) in [6.45, 7) is 4.12. The summed E-state index contributed by atoms with van der Waals surface area (Å²) < 4.78 is 10.8. The Morgan fingerprint density at radius 3 is 2.33 bits per heavy atom. The maximum absolute atomic E-state index is 9.65. The van der Waals surface area contributed by atoms with Crippen molar-refractivity contribution >= 4 is 5.82 Å². The Bertz CT molecular complexity index is 1050. The molecule has 0 fully saturated rings. The zero-order valence-corrected chi connectivity index (χ0v) is 15.8. The Morgan fingerprint density at radius 1 is 0.926 bits per heavy atom. The number of aromatic nitrogens is 1. The summed E-state index contributed by atoms with van der Waals surface area (Å²) in [5, 5.41) is 9.65. The van der Waals surface area contributed by atoms with Crippen LogP contribution in [0.25, 0.3) is 22.4 Å². The van der Waals surface area contributed by atoms with Crippen molar-refractivity contribution in [2.45, 2.75) is 13.8 Å². The summed E-state index contributed by atoms with van der Waals surface area (Å²) >= 11 is 0. The van der Waals surface area contributed by atoms with Crippen LogP contribution >= 0.6 is 0 Å². The van der Waals surface area contributed by atoms with E-state index in [0.29, 0.717) is 28.3 Å². The molecule has 2 aromatic carbocycles. The molecule has 5 heteroatoms. The molecule has 0 aliphatic heterocycles. The summed E-state index contributed by atoms with van der Waals surface area (Å²) in [5.41, 5.74) is 11.8. The highest BCUT2D eigenvalue weighted by Gasteiger charge is 2.17. The lowest BCUT2D eigenvalue weighted by molar-refractivity contribution is 0.404. The van der Waals surface area contributed by atoms with E-state index in [4.69, 9.17) is 15.2 Å². The van der Waals surface area contributed by atoms with Gasteiger partial charge in [-0.05, 0) is 55.3 Å². The molecule has 0 amide bonds. The monoisotopic (exact) mass is 359 g/mol. The third-order valence-corrected chi connectivity index (χ3v) is 4.66. The van der Waals surface area contributed by atoms with Gasteiger partial charge in [0.1, 0.15) is 28.9 Å². The number of anilines is 1. The number of methoxy groups -OCH3 is 2. The third-order valence-electron chi connectivity index (χ3n) is 4.66. The van der Waals surface area contributed by atoms with Gasteiger partial charge in [0, 0.05) is 16.7 Å². The number of hydrogen-bond donors (Lipinski definition) is 1.